The van der Waals surface area contributed by atoms with Crippen LogP contribution in [0.2, 0.25) is 0 Å². The third-order valence-corrected chi connectivity index (χ3v) is 7.55. The molecule has 3 aromatic rings. The first kappa shape index (κ1) is 25.4. The van der Waals surface area contributed by atoms with Crippen LogP contribution in [0.3, 0.4) is 0 Å². The highest BCUT2D eigenvalue weighted by atomic mass is 19.4. The van der Waals surface area contributed by atoms with Crippen molar-refractivity contribution in [2.24, 2.45) is 11.7 Å². The van der Waals surface area contributed by atoms with Crippen molar-refractivity contribution < 1.29 is 32.2 Å². The number of halogens is 3. The summed E-state index contributed by atoms with van der Waals surface area (Å²) in [6, 6.07) is 10.6. The fourth-order valence-corrected chi connectivity index (χ4v) is 5.39. The van der Waals surface area contributed by atoms with Crippen LogP contribution in [0.5, 0.6) is 17.2 Å². The first-order valence-corrected chi connectivity index (χ1v) is 12.7. The van der Waals surface area contributed by atoms with Crippen LogP contribution >= 0.6 is 0 Å². The number of nitrogens with one attached hydrogen (secondary N) is 1. The number of hydrogen-bond acceptors (Lipinski definition) is 6. The van der Waals surface area contributed by atoms with Crippen molar-refractivity contribution in [1.29, 1.82) is 0 Å². The first-order valence-electron chi connectivity index (χ1n) is 12.7. The molecule has 3 aliphatic rings. The summed E-state index contributed by atoms with van der Waals surface area (Å²) in [4.78, 5) is 29.1. The Bertz CT molecular complexity index is 1480. The van der Waals surface area contributed by atoms with Crippen molar-refractivity contribution in [2.45, 2.75) is 56.8 Å². The average molecular weight is 538 g/mol. The van der Waals surface area contributed by atoms with E-state index in [4.69, 9.17) is 15.2 Å². The standard InChI is InChI=1S/C29H26F3N3O4/c1-28(2,33)15-9-14(10-16(11-15)29(30,31)32)21(36)13-20-25-19-12-17(3-5-22(19)39-26(20)25)38-23-7-8-34-27-18(23)4-6-24(37)35-27/h3,5,7-12,20,25-26H,4,6,13,33H2,1-2H3,(H,34,35,37)/t20-,25-,26+/m0/s1. The molecule has 7 nitrogen and oxygen atoms in total. The molecule has 3 atom stereocenters. The van der Waals surface area contributed by atoms with Crippen molar-refractivity contribution in [3.05, 3.63) is 76.5 Å². The van der Waals surface area contributed by atoms with Crippen LogP contribution in [0.15, 0.2) is 48.7 Å². The van der Waals surface area contributed by atoms with E-state index in [1.54, 1.807) is 32.2 Å². The van der Waals surface area contributed by atoms with E-state index < -0.39 is 17.3 Å². The van der Waals surface area contributed by atoms with Crippen molar-refractivity contribution >= 4 is 17.5 Å². The summed E-state index contributed by atoms with van der Waals surface area (Å²) in [5, 5.41) is 2.75. The molecule has 2 aromatic carbocycles. The monoisotopic (exact) mass is 537 g/mol. The zero-order valence-corrected chi connectivity index (χ0v) is 21.3. The van der Waals surface area contributed by atoms with Crippen LogP contribution in [0.25, 0.3) is 0 Å². The van der Waals surface area contributed by atoms with E-state index in [0.717, 1.165) is 23.3 Å². The van der Waals surface area contributed by atoms with Crippen LogP contribution in [0, 0.1) is 5.92 Å². The minimum absolute atomic E-state index is 0.00446. The molecule has 1 aromatic heterocycles. The fourth-order valence-electron chi connectivity index (χ4n) is 5.39. The Balaban J connectivity index is 1.20. The van der Waals surface area contributed by atoms with Crippen LogP contribution in [-0.4, -0.2) is 22.8 Å². The van der Waals surface area contributed by atoms with Gasteiger partial charge >= 0.3 is 6.18 Å². The van der Waals surface area contributed by atoms with E-state index in [9.17, 15) is 22.8 Å². The molecule has 0 radical (unpaired) electrons. The lowest BCUT2D eigenvalue weighted by atomic mass is 9.90. The van der Waals surface area contributed by atoms with Gasteiger partial charge in [-0.05, 0) is 68.3 Å². The Morgan fingerprint density at radius 2 is 1.90 bits per heavy atom. The molecule has 3 N–H and O–H groups in total. The Hall–Kier alpha value is -3.92. The van der Waals surface area contributed by atoms with Gasteiger partial charge in [0.2, 0.25) is 5.91 Å². The van der Waals surface area contributed by atoms with E-state index in [1.807, 2.05) is 12.1 Å². The van der Waals surface area contributed by atoms with Gasteiger partial charge in [0.15, 0.2) is 5.78 Å². The fraction of sp³-hybridized carbons (Fsp3) is 0.345. The molecule has 3 heterocycles. The Labute approximate surface area is 222 Å². The third kappa shape index (κ3) is 4.73. The van der Waals surface area contributed by atoms with Gasteiger partial charge in [0, 0.05) is 53.1 Å². The molecule has 1 saturated carbocycles. The minimum Gasteiger partial charge on any atom is -0.489 e. The number of anilines is 1. The zero-order valence-electron chi connectivity index (χ0n) is 21.3. The summed E-state index contributed by atoms with van der Waals surface area (Å²) < 4.78 is 52.8. The molecule has 0 unspecified atom stereocenters. The number of rotatable bonds is 6. The number of ketones is 1. The molecule has 0 spiro atoms. The first-order chi connectivity index (χ1) is 18.4. The van der Waals surface area contributed by atoms with Crippen molar-refractivity contribution in [3.63, 3.8) is 0 Å². The molecule has 6 rings (SSSR count). The molecule has 1 amide bonds. The van der Waals surface area contributed by atoms with Crippen LogP contribution < -0.4 is 20.5 Å². The summed E-state index contributed by atoms with van der Waals surface area (Å²) >= 11 is 0. The lowest BCUT2D eigenvalue weighted by Crippen LogP contribution is -2.29. The van der Waals surface area contributed by atoms with Crippen LogP contribution in [0.1, 0.15) is 65.2 Å². The average Bonchev–Trinajstić information content (AvgIpc) is 3.39. The summed E-state index contributed by atoms with van der Waals surface area (Å²) in [5.41, 5.74) is 6.10. The van der Waals surface area contributed by atoms with Gasteiger partial charge in [0.05, 0.1) is 5.56 Å². The number of carbonyl (C=O) groups is 2. The topological polar surface area (TPSA) is 104 Å². The van der Waals surface area contributed by atoms with Crippen LogP contribution in [0.4, 0.5) is 19.0 Å². The van der Waals surface area contributed by atoms with Gasteiger partial charge in [-0.2, -0.15) is 13.2 Å². The number of carbonyl (C=O) groups excluding carboxylic acids is 2. The molecule has 39 heavy (non-hydrogen) atoms. The largest absolute Gasteiger partial charge is 0.489 e. The maximum Gasteiger partial charge on any atom is 0.416 e. The van der Waals surface area contributed by atoms with E-state index in [2.05, 4.69) is 10.3 Å². The number of nitrogens with zero attached hydrogens (tertiary/aromatic N) is 1. The summed E-state index contributed by atoms with van der Waals surface area (Å²) in [5.74, 6) is 1.71. The quantitative estimate of drug-likeness (QED) is 0.390. The van der Waals surface area contributed by atoms with Gasteiger partial charge in [-0.3, -0.25) is 9.59 Å². The lowest BCUT2D eigenvalue weighted by Gasteiger charge is -2.22. The second-order valence-electron chi connectivity index (χ2n) is 10.9. The molecule has 10 heteroatoms. The van der Waals surface area contributed by atoms with E-state index >= 15 is 0 Å². The second kappa shape index (κ2) is 8.81. The molecule has 0 bridgehead atoms. The van der Waals surface area contributed by atoms with Crippen molar-refractivity contribution in [2.75, 3.05) is 5.32 Å². The molecule has 2 aliphatic heterocycles. The van der Waals surface area contributed by atoms with Gasteiger partial charge in [0.1, 0.15) is 29.2 Å². The molecular formula is C29H26F3N3O4. The van der Waals surface area contributed by atoms with E-state index in [0.29, 0.717) is 35.9 Å². The number of pyridine rings is 1. The number of ether oxygens (including phenoxy) is 2. The highest BCUT2D eigenvalue weighted by Gasteiger charge is 2.59. The number of alkyl halides is 3. The number of amides is 1. The molecule has 202 valence electrons. The smallest absolute Gasteiger partial charge is 0.416 e. The number of Topliss-reactive ketones (excluding diaryl/α,β-unsaturated/α-hetero) is 1. The van der Waals surface area contributed by atoms with E-state index in [-0.39, 0.29) is 47.2 Å². The normalized spacial score (nSPS) is 21.3. The maximum absolute atomic E-state index is 13.5. The summed E-state index contributed by atoms with van der Waals surface area (Å²) in [6.45, 7) is 3.20. The summed E-state index contributed by atoms with van der Waals surface area (Å²) in [6.07, 6.45) is -2.30. The third-order valence-electron chi connectivity index (χ3n) is 7.55. The highest BCUT2D eigenvalue weighted by molar-refractivity contribution is 5.97. The van der Waals surface area contributed by atoms with E-state index in [1.165, 1.54) is 6.07 Å². The lowest BCUT2D eigenvalue weighted by molar-refractivity contribution is -0.137. The van der Waals surface area contributed by atoms with Crippen LogP contribution in [-0.2, 0) is 22.9 Å². The second-order valence-corrected chi connectivity index (χ2v) is 10.9. The van der Waals surface area contributed by atoms with Gasteiger partial charge in [0.25, 0.3) is 0 Å². The zero-order chi connectivity index (χ0) is 27.7. The predicted octanol–water partition coefficient (Wildman–Crippen LogP) is 5.72. The van der Waals surface area contributed by atoms with Gasteiger partial charge in [-0.1, -0.05) is 0 Å². The van der Waals surface area contributed by atoms with Gasteiger partial charge < -0.3 is 20.5 Å². The molecule has 1 fully saturated rings. The van der Waals surface area contributed by atoms with Crippen molar-refractivity contribution in [3.8, 4) is 17.2 Å². The Morgan fingerprint density at radius 1 is 1.13 bits per heavy atom. The number of benzene rings is 2. The minimum atomic E-state index is -4.59. The van der Waals surface area contributed by atoms with Crippen molar-refractivity contribution in [1.82, 2.24) is 4.98 Å². The maximum atomic E-state index is 13.5. The number of hydrogen-bond donors (Lipinski definition) is 2. The molecule has 0 saturated heterocycles. The molecule has 1 aliphatic carbocycles. The summed E-state index contributed by atoms with van der Waals surface area (Å²) in [7, 11) is 0. The Kier molecular flexibility index (Phi) is 5.73. The number of nitrogens with two attached hydrogens (primary N) is 1. The van der Waals surface area contributed by atoms with Gasteiger partial charge in [-0.15, -0.1) is 0 Å². The number of aromatic nitrogens is 1. The predicted molar refractivity (Wildman–Crippen MR) is 136 cm³/mol. The highest BCUT2D eigenvalue weighted by Crippen LogP contribution is 2.60. The SMILES string of the molecule is CC(C)(N)c1cc(C(=O)C[C@@H]2[C@H]3Oc4ccc(Oc5ccnc6c5CCC(=O)N6)cc4[C@@H]23)cc(C(F)(F)F)c1. The molecular weight excluding hydrogens is 511 g/mol. The van der Waals surface area contributed by atoms with Gasteiger partial charge in [-0.25, -0.2) is 4.98 Å². The number of fused-ring (bicyclic) bond motifs is 4. The Morgan fingerprint density at radius 3 is 2.64 bits per heavy atom.